The summed E-state index contributed by atoms with van der Waals surface area (Å²) >= 11 is 0. The van der Waals surface area contributed by atoms with Crippen molar-refractivity contribution in [3.8, 4) is 17.2 Å². The second-order valence-electron chi connectivity index (χ2n) is 4.91. The molecule has 0 atom stereocenters. The Morgan fingerprint density at radius 1 is 0.957 bits per heavy atom. The van der Waals surface area contributed by atoms with E-state index in [2.05, 4.69) is 5.32 Å². The number of nitrogens with one attached hydrogen (secondary N) is 1. The van der Waals surface area contributed by atoms with Crippen LogP contribution < -0.4 is 19.5 Å². The van der Waals surface area contributed by atoms with Crippen LogP contribution in [0, 0.1) is 0 Å². The van der Waals surface area contributed by atoms with Crippen molar-refractivity contribution < 1.29 is 19.0 Å². The van der Waals surface area contributed by atoms with Crippen LogP contribution in [-0.2, 0) is 6.42 Å². The minimum atomic E-state index is -0.180. The van der Waals surface area contributed by atoms with Crippen LogP contribution in [0.25, 0.3) is 0 Å². The Balaban J connectivity index is 2.07. The van der Waals surface area contributed by atoms with Crippen molar-refractivity contribution in [1.29, 1.82) is 0 Å². The van der Waals surface area contributed by atoms with Crippen LogP contribution >= 0.6 is 0 Å². The first-order valence-corrected chi connectivity index (χ1v) is 7.31. The smallest absolute Gasteiger partial charge is 0.251 e. The Bertz CT molecular complexity index is 630. The zero-order valence-corrected chi connectivity index (χ0v) is 13.6. The largest absolute Gasteiger partial charge is 0.493 e. The molecular weight excluding hydrogens is 294 g/mol. The van der Waals surface area contributed by atoms with E-state index in [0.717, 1.165) is 6.42 Å². The normalized spacial score (nSPS) is 10.0. The fraction of sp³-hybridized carbons (Fsp3) is 0.278. The Hall–Kier alpha value is -2.69. The van der Waals surface area contributed by atoms with E-state index < -0.39 is 0 Å². The molecule has 0 aliphatic heterocycles. The third kappa shape index (κ3) is 4.16. The van der Waals surface area contributed by atoms with E-state index in [0.29, 0.717) is 29.4 Å². The molecule has 0 aliphatic carbocycles. The summed E-state index contributed by atoms with van der Waals surface area (Å²) in [6.45, 7) is 0.555. The lowest BCUT2D eigenvalue weighted by atomic mass is 10.1. The average Bonchev–Trinajstić information content (AvgIpc) is 2.61. The molecule has 1 N–H and O–H groups in total. The van der Waals surface area contributed by atoms with Crippen LogP contribution in [0.4, 0.5) is 0 Å². The summed E-state index contributed by atoms with van der Waals surface area (Å²) in [7, 11) is 4.57. The molecule has 5 nitrogen and oxygen atoms in total. The zero-order valence-electron chi connectivity index (χ0n) is 13.6. The van der Waals surface area contributed by atoms with Gasteiger partial charge in [0.1, 0.15) is 0 Å². The maximum atomic E-state index is 12.3. The molecule has 2 aromatic carbocycles. The van der Waals surface area contributed by atoms with Gasteiger partial charge in [0.05, 0.1) is 21.3 Å². The van der Waals surface area contributed by atoms with Gasteiger partial charge >= 0.3 is 0 Å². The predicted molar refractivity (Wildman–Crippen MR) is 88.6 cm³/mol. The molecule has 0 radical (unpaired) electrons. The Morgan fingerprint density at radius 2 is 1.57 bits per heavy atom. The molecule has 0 bridgehead atoms. The molecule has 0 saturated carbocycles. The highest BCUT2D eigenvalue weighted by Gasteiger charge is 2.16. The van der Waals surface area contributed by atoms with Gasteiger partial charge in [-0.05, 0) is 24.1 Å². The molecule has 0 aliphatic rings. The monoisotopic (exact) mass is 315 g/mol. The molecule has 0 saturated heterocycles. The molecule has 1 amide bonds. The summed E-state index contributed by atoms with van der Waals surface area (Å²) in [4.78, 5) is 12.3. The maximum absolute atomic E-state index is 12.3. The quantitative estimate of drug-likeness (QED) is 0.853. The van der Waals surface area contributed by atoms with Gasteiger partial charge in [-0.15, -0.1) is 0 Å². The number of carbonyl (C=O) groups is 1. The van der Waals surface area contributed by atoms with E-state index >= 15 is 0 Å². The molecule has 0 spiro atoms. The first-order chi connectivity index (χ1) is 11.2. The lowest BCUT2D eigenvalue weighted by Gasteiger charge is -2.14. The molecule has 23 heavy (non-hydrogen) atoms. The van der Waals surface area contributed by atoms with E-state index in [1.54, 1.807) is 12.1 Å². The molecule has 0 aromatic heterocycles. The third-order valence-corrected chi connectivity index (χ3v) is 3.47. The van der Waals surface area contributed by atoms with Gasteiger partial charge in [0, 0.05) is 12.1 Å². The van der Waals surface area contributed by atoms with Crippen molar-refractivity contribution in [2.75, 3.05) is 27.9 Å². The van der Waals surface area contributed by atoms with Crippen molar-refractivity contribution >= 4 is 5.91 Å². The van der Waals surface area contributed by atoms with Gasteiger partial charge in [0.15, 0.2) is 11.5 Å². The molecule has 122 valence electrons. The second kappa shape index (κ2) is 8.08. The Morgan fingerprint density at radius 3 is 2.09 bits per heavy atom. The van der Waals surface area contributed by atoms with E-state index in [1.807, 2.05) is 30.3 Å². The van der Waals surface area contributed by atoms with E-state index in [4.69, 9.17) is 14.2 Å². The number of rotatable bonds is 7. The second-order valence-corrected chi connectivity index (χ2v) is 4.91. The average molecular weight is 315 g/mol. The fourth-order valence-corrected chi connectivity index (χ4v) is 2.28. The molecule has 0 unspecified atom stereocenters. The highest BCUT2D eigenvalue weighted by molar-refractivity contribution is 5.95. The first kappa shape index (κ1) is 16.7. The maximum Gasteiger partial charge on any atom is 0.251 e. The van der Waals surface area contributed by atoms with Crippen molar-refractivity contribution in [1.82, 2.24) is 5.32 Å². The molecular formula is C18H21NO4. The van der Waals surface area contributed by atoms with Gasteiger partial charge in [0.2, 0.25) is 5.75 Å². The Kier molecular flexibility index (Phi) is 5.86. The van der Waals surface area contributed by atoms with Gasteiger partial charge in [-0.1, -0.05) is 30.3 Å². The van der Waals surface area contributed by atoms with Crippen molar-refractivity contribution in [2.24, 2.45) is 0 Å². The summed E-state index contributed by atoms with van der Waals surface area (Å²) < 4.78 is 15.8. The van der Waals surface area contributed by atoms with Gasteiger partial charge in [0.25, 0.3) is 5.91 Å². The first-order valence-electron chi connectivity index (χ1n) is 7.31. The van der Waals surface area contributed by atoms with Gasteiger partial charge in [-0.3, -0.25) is 4.79 Å². The zero-order chi connectivity index (χ0) is 16.7. The van der Waals surface area contributed by atoms with Crippen LogP contribution in [0.1, 0.15) is 15.9 Å². The molecule has 0 heterocycles. The summed E-state index contributed by atoms with van der Waals surface area (Å²) in [5, 5.41) is 2.90. The number of hydrogen-bond donors (Lipinski definition) is 1. The fourth-order valence-electron chi connectivity index (χ4n) is 2.28. The summed E-state index contributed by atoms with van der Waals surface area (Å²) in [6, 6.07) is 13.3. The van der Waals surface area contributed by atoms with Crippen LogP contribution in [0.15, 0.2) is 42.5 Å². The highest BCUT2D eigenvalue weighted by atomic mass is 16.5. The Labute approximate surface area is 136 Å². The standard InChI is InChI=1S/C18H21NO4/c1-21-15-11-14(12-16(22-2)17(15)23-3)18(20)19-10-9-13-7-5-4-6-8-13/h4-8,11-12H,9-10H2,1-3H3,(H,19,20). The number of amides is 1. The van der Waals surface area contributed by atoms with Gasteiger partial charge in [-0.25, -0.2) is 0 Å². The SMILES string of the molecule is COc1cc(C(=O)NCCc2ccccc2)cc(OC)c1OC. The van der Waals surface area contributed by atoms with E-state index in [9.17, 15) is 4.79 Å². The number of methoxy groups -OCH3 is 3. The van der Waals surface area contributed by atoms with Crippen LogP contribution in [0.5, 0.6) is 17.2 Å². The van der Waals surface area contributed by atoms with Crippen LogP contribution in [0.3, 0.4) is 0 Å². The molecule has 0 fully saturated rings. The third-order valence-electron chi connectivity index (χ3n) is 3.47. The minimum absolute atomic E-state index is 0.180. The van der Waals surface area contributed by atoms with Gasteiger partial charge < -0.3 is 19.5 Å². The number of ether oxygens (including phenoxy) is 3. The van der Waals surface area contributed by atoms with Crippen molar-refractivity contribution in [2.45, 2.75) is 6.42 Å². The number of benzene rings is 2. The molecule has 2 aromatic rings. The number of carbonyl (C=O) groups excluding carboxylic acids is 1. The number of hydrogen-bond acceptors (Lipinski definition) is 4. The van der Waals surface area contributed by atoms with Crippen LogP contribution in [0.2, 0.25) is 0 Å². The molecule has 5 heteroatoms. The van der Waals surface area contributed by atoms with E-state index in [-0.39, 0.29) is 5.91 Å². The van der Waals surface area contributed by atoms with Crippen molar-refractivity contribution in [3.63, 3.8) is 0 Å². The molecule has 2 rings (SSSR count). The summed E-state index contributed by atoms with van der Waals surface area (Å²) in [5.41, 5.74) is 1.64. The van der Waals surface area contributed by atoms with Crippen LogP contribution in [-0.4, -0.2) is 33.8 Å². The minimum Gasteiger partial charge on any atom is -0.493 e. The van der Waals surface area contributed by atoms with E-state index in [1.165, 1.54) is 26.9 Å². The lowest BCUT2D eigenvalue weighted by Crippen LogP contribution is -2.25. The van der Waals surface area contributed by atoms with Gasteiger partial charge in [-0.2, -0.15) is 0 Å². The lowest BCUT2D eigenvalue weighted by molar-refractivity contribution is 0.0953. The van der Waals surface area contributed by atoms with Crippen molar-refractivity contribution in [3.05, 3.63) is 53.6 Å². The predicted octanol–water partition coefficient (Wildman–Crippen LogP) is 2.68. The topological polar surface area (TPSA) is 56.8 Å². The highest BCUT2D eigenvalue weighted by Crippen LogP contribution is 2.38. The summed E-state index contributed by atoms with van der Waals surface area (Å²) in [6.07, 6.45) is 0.775. The summed E-state index contributed by atoms with van der Waals surface area (Å²) in [5.74, 6) is 1.20.